The Morgan fingerprint density at radius 2 is 2.11 bits per heavy atom. The molecule has 0 aliphatic carbocycles. The molecule has 0 bridgehead atoms. The summed E-state index contributed by atoms with van der Waals surface area (Å²) < 4.78 is 1.80. The molecule has 1 amide bonds. The summed E-state index contributed by atoms with van der Waals surface area (Å²) in [5.74, 6) is 0.444. The van der Waals surface area contributed by atoms with Gasteiger partial charge in [-0.2, -0.15) is 5.10 Å². The van der Waals surface area contributed by atoms with E-state index in [1.807, 2.05) is 38.1 Å². The molecule has 0 saturated heterocycles. The molecule has 0 fully saturated rings. The summed E-state index contributed by atoms with van der Waals surface area (Å²) in [6.07, 6.45) is 2.29. The summed E-state index contributed by atoms with van der Waals surface area (Å²) in [6.45, 7) is 4.65. The Labute approximate surface area is 154 Å². The fourth-order valence-corrected chi connectivity index (χ4v) is 3.11. The number of benzene rings is 2. The van der Waals surface area contributed by atoms with Gasteiger partial charge in [0.1, 0.15) is 0 Å². The monoisotopic (exact) mass is 362 g/mol. The largest absolute Gasteiger partial charge is 0.465 e. The number of carboxylic acid groups (broad SMARTS) is 1. The second-order valence-electron chi connectivity index (χ2n) is 6.18. The zero-order valence-corrected chi connectivity index (χ0v) is 14.9. The van der Waals surface area contributed by atoms with E-state index >= 15 is 0 Å². The highest BCUT2D eigenvalue weighted by molar-refractivity contribution is 6.00. The average molecular weight is 362 g/mol. The molecule has 3 N–H and O–H groups in total. The third-order valence-electron chi connectivity index (χ3n) is 4.37. The smallest absolute Gasteiger partial charge is 0.409 e. The van der Waals surface area contributed by atoms with Crippen molar-refractivity contribution in [3.8, 4) is 0 Å². The van der Waals surface area contributed by atoms with E-state index in [1.165, 1.54) is 0 Å². The van der Waals surface area contributed by atoms with Crippen LogP contribution >= 0.6 is 0 Å². The highest BCUT2D eigenvalue weighted by Crippen LogP contribution is 2.29. The molecular weight excluding hydrogens is 344 g/mol. The van der Waals surface area contributed by atoms with Gasteiger partial charge in [0, 0.05) is 29.2 Å². The van der Waals surface area contributed by atoms with E-state index in [2.05, 4.69) is 25.7 Å². The maximum atomic E-state index is 11.2. The second kappa shape index (κ2) is 6.56. The number of hydrogen-bond donors (Lipinski definition) is 3. The number of hydrogen-bond acceptors (Lipinski definition) is 5. The van der Waals surface area contributed by atoms with Gasteiger partial charge in [-0.15, -0.1) is 0 Å². The molecule has 0 saturated carbocycles. The number of aromatic nitrogens is 4. The first-order valence-corrected chi connectivity index (χ1v) is 8.54. The summed E-state index contributed by atoms with van der Waals surface area (Å²) in [5.41, 5.74) is 3.89. The first-order valence-electron chi connectivity index (χ1n) is 8.54. The molecular formula is C19H18N6O2. The molecule has 2 heterocycles. The van der Waals surface area contributed by atoms with Gasteiger partial charge in [0.2, 0.25) is 5.95 Å². The molecule has 0 unspecified atom stereocenters. The number of nitrogens with zero attached hydrogens (tertiary/aromatic N) is 4. The molecule has 27 heavy (non-hydrogen) atoms. The number of aryl methyl sites for hydroxylation is 2. The van der Waals surface area contributed by atoms with E-state index in [4.69, 9.17) is 5.11 Å². The molecule has 0 spiro atoms. The third-order valence-corrected chi connectivity index (χ3v) is 4.37. The predicted molar refractivity (Wildman–Crippen MR) is 105 cm³/mol. The van der Waals surface area contributed by atoms with Crippen molar-refractivity contribution in [3.63, 3.8) is 0 Å². The fourth-order valence-electron chi connectivity index (χ4n) is 3.11. The lowest BCUT2D eigenvalue weighted by Crippen LogP contribution is -2.08. The number of anilines is 3. The Balaban J connectivity index is 1.79. The van der Waals surface area contributed by atoms with Crippen LogP contribution in [-0.4, -0.2) is 30.9 Å². The van der Waals surface area contributed by atoms with Crippen LogP contribution in [0, 0.1) is 6.92 Å². The quantitative estimate of drug-likeness (QED) is 0.504. The lowest BCUT2D eigenvalue weighted by atomic mass is 10.1. The van der Waals surface area contributed by atoms with Crippen molar-refractivity contribution in [1.82, 2.24) is 19.7 Å². The molecule has 136 valence electrons. The van der Waals surface area contributed by atoms with Gasteiger partial charge in [-0.3, -0.25) is 10.00 Å². The molecule has 8 nitrogen and oxygen atoms in total. The zero-order chi connectivity index (χ0) is 19.0. The Morgan fingerprint density at radius 1 is 1.26 bits per heavy atom. The second-order valence-corrected chi connectivity index (χ2v) is 6.18. The van der Waals surface area contributed by atoms with Gasteiger partial charge in [0.15, 0.2) is 0 Å². The minimum Gasteiger partial charge on any atom is -0.465 e. The van der Waals surface area contributed by atoms with E-state index in [9.17, 15) is 4.79 Å². The molecule has 0 atom stereocenters. The lowest BCUT2D eigenvalue weighted by Gasteiger charge is -2.11. The Hall–Kier alpha value is -3.68. The fraction of sp³-hybridized carbons (Fsp3) is 0.158. The number of carbonyl (C=O) groups is 1. The standard InChI is InChI=1S/C19H18N6O2/c1-3-25-16-8-13(7-15(23-19(26)27)14(16)10-21-25)22-18-20-9-12-6-4-5-11(2)17(12)24-18/h4-10,23H,3H2,1-2H3,(H,26,27)(H,20,22,24). The predicted octanol–water partition coefficient (Wildman–Crippen LogP) is 4.14. The number of nitrogens with one attached hydrogen (secondary N) is 2. The average Bonchev–Trinajstić information content (AvgIpc) is 3.05. The van der Waals surface area contributed by atoms with Crippen LogP contribution < -0.4 is 10.6 Å². The Kier molecular flexibility index (Phi) is 4.08. The van der Waals surface area contributed by atoms with Crippen molar-refractivity contribution in [1.29, 1.82) is 0 Å². The zero-order valence-electron chi connectivity index (χ0n) is 14.9. The third kappa shape index (κ3) is 3.12. The van der Waals surface area contributed by atoms with Crippen LogP contribution in [0.3, 0.4) is 0 Å². The van der Waals surface area contributed by atoms with Crippen LogP contribution in [0.1, 0.15) is 12.5 Å². The van der Waals surface area contributed by atoms with Gasteiger partial charge in [0.25, 0.3) is 0 Å². The number of fused-ring (bicyclic) bond motifs is 2. The van der Waals surface area contributed by atoms with Crippen molar-refractivity contribution in [3.05, 3.63) is 48.3 Å². The van der Waals surface area contributed by atoms with Crippen molar-refractivity contribution in [2.75, 3.05) is 10.6 Å². The van der Waals surface area contributed by atoms with E-state index in [0.717, 1.165) is 27.4 Å². The SMILES string of the molecule is CCn1ncc2c(NC(=O)O)cc(Nc3ncc4cccc(C)c4n3)cc21. The van der Waals surface area contributed by atoms with Gasteiger partial charge >= 0.3 is 6.09 Å². The van der Waals surface area contributed by atoms with Gasteiger partial charge < -0.3 is 10.4 Å². The Bertz CT molecular complexity index is 1170. The van der Waals surface area contributed by atoms with E-state index in [1.54, 1.807) is 23.1 Å². The number of para-hydroxylation sites is 1. The summed E-state index contributed by atoms with van der Waals surface area (Å²) in [7, 11) is 0. The number of amides is 1. The van der Waals surface area contributed by atoms with E-state index in [-0.39, 0.29) is 0 Å². The summed E-state index contributed by atoms with van der Waals surface area (Å²) in [5, 5.41) is 20.8. The van der Waals surface area contributed by atoms with Crippen LogP contribution in [0.5, 0.6) is 0 Å². The highest BCUT2D eigenvalue weighted by Gasteiger charge is 2.12. The van der Waals surface area contributed by atoms with E-state index < -0.39 is 6.09 Å². The molecule has 4 aromatic rings. The molecule has 0 aliphatic heterocycles. The maximum Gasteiger partial charge on any atom is 0.409 e. The maximum absolute atomic E-state index is 11.2. The first kappa shape index (κ1) is 16.8. The van der Waals surface area contributed by atoms with E-state index in [0.29, 0.717) is 23.9 Å². The minimum absolute atomic E-state index is 0.444. The van der Waals surface area contributed by atoms with Crippen LogP contribution in [0.15, 0.2) is 42.7 Å². The Morgan fingerprint density at radius 3 is 2.89 bits per heavy atom. The van der Waals surface area contributed by atoms with Crippen molar-refractivity contribution < 1.29 is 9.90 Å². The summed E-state index contributed by atoms with van der Waals surface area (Å²) >= 11 is 0. The first-order chi connectivity index (χ1) is 13.0. The van der Waals surface area contributed by atoms with Gasteiger partial charge in [-0.05, 0) is 31.5 Å². The van der Waals surface area contributed by atoms with Gasteiger partial charge in [-0.1, -0.05) is 18.2 Å². The summed E-state index contributed by atoms with van der Waals surface area (Å²) in [6, 6.07) is 9.55. The van der Waals surface area contributed by atoms with Crippen LogP contribution in [0.2, 0.25) is 0 Å². The van der Waals surface area contributed by atoms with Crippen molar-refractivity contribution in [2.24, 2.45) is 0 Å². The molecule has 2 aromatic heterocycles. The van der Waals surface area contributed by atoms with Gasteiger partial charge in [0.05, 0.1) is 22.9 Å². The summed E-state index contributed by atoms with van der Waals surface area (Å²) in [4.78, 5) is 20.1. The number of rotatable bonds is 4. The van der Waals surface area contributed by atoms with Gasteiger partial charge in [-0.25, -0.2) is 14.8 Å². The molecule has 8 heteroatoms. The van der Waals surface area contributed by atoms with Crippen molar-refractivity contribution >= 4 is 45.2 Å². The molecule has 0 radical (unpaired) electrons. The topological polar surface area (TPSA) is 105 Å². The molecule has 4 rings (SSSR count). The minimum atomic E-state index is -1.13. The molecule has 2 aromatic carbocycles. The van der Waals surface area contributed by atoms with Crippen LogP contribution in [0.4, 0.5) is 22.1 Å². The lowest BCUT2D eigenvalue weighted by molar-refractivity contribution is 0.210. The molecule has 0 aliphatic rings. The van der Waals surface area contributed by atoms with Crippen LogP contribution in [-0.2, 0) is 6.54 Å². The van der Waals surface area contributed by atoms with Crippen molar-refractivity contribution in [2.45, 2.75) is 20.4 Å². The highest BCUT2D eigenvalue weighted by atomic mass is 16.4. The normalized spacial score (nSPS) is 11.0. The van der Waals surface area contributed by atoms with Crippen LogP contribution in [0.25, 0.3) is 21.8 Å².